The van der Waals surface area contributed by atoms with Crippen molar-refractivity contribution in [3.05, 3.63) is 63.3 Å². The highest BCUT2D eigenvalue weighted by molar-refractivity contribution is 7.18. The van der Waals surface area contributed by atoms with Gasteiger partial charge >= 0.3 is 5.97 Å². The minimum Gasteiger partial charge on any atom is -0.462 e. The predicted octanol–water partition coefficient (Wildman–Crippen LogP) is 4.15. The van der Waals surface area contributed by atoms with Crippen LogP contribution in [0.25, 0.3) is 22.2 Å². The van der Waals surface area contributed by atoms with Gasteiger partial charge in [-0.1, -0.05) is 18.2 Å². The van der Waals surface area contributed by atoms with Gasteiger partial charge < -0.3 is 15.8 Å². The van der Waals surface area contributed by atoms with Crippen LogP contribution in [-0.4, -0.2) is 39.2 Å². The average molecular weight is 492 g/mol. The lowest BCUT2D eigenvalue weighted by Crippen LogP contribution is -2.16. The number of esters is 1. The minimum atomic E-state index is -0.683. The summed E-state index contributed by atoms with van der Waals surface area (Å²) in [6.07, 6.45) is 0. The number of nitrogens with one attached hydrogen (secondary N) is 1. The predicted molar refractivity (Wildman–Crippen MR) is 135 cm³/mol. The second-order valence-electron chi connectivity index (χ2n) is 8.04. The Labute approximate surface area is 205 Å². The molecule has 0 radical (unpaired) electrons. The summed E-state index contributed by atoms with van der Waals surface area (Å²) in [4.78, 5) is 43.1. The number of amides is 2. The molecule has 0 atom stereocenters. The number of primary amides is 1. The largest absolute Gasteiger partial charge is 0.462 e. The summed E-state index contributed by atoms with van der Waals surface area (Å²) < 4.78 is 6.92. The van der Waals surface area contributed by atoms with Crippen molar-refractivity contribution in [2.45, 2.75) is 27.7 Å². The fourth-order valence-electron chi connectivity index (χ4n) is 4.09. The zero-order valence-electron chi connectivity index (χ0n) is 20.1. The van der Waals surface area contributed by atoms with Crippen LogP contribution in [0.5, 0.6) is 0 Å². The van der Waals surface area contributed by atoms with Crippen LogP contribution in [-0.2, 0) is 11.8 Å². The number of hydrogen-bond donors (Lipinski definition) is 2. The quantitative estimate of drug-likeness (QED) is 0.390. The number of thiophene rings is 1. The molecule has 3 heterocycles. The van der Waals surface area contributed by atoms with Crippen molar-refractivity contribution in [2.75, 3.05) is 11.9 Å². The Morgan fingerprint density at radius 3 is 2.51 bits per heavy atom. The number of hydrogen-bond acceptors (Lipinski definition) is 7. The van der Waals surface area contributed by atoms with Crippen molar-refractivity contribution in [3.8, 4) is 11.3 Å². The molecule has 4 aromatic rings. The van der Waals surface area contributed by atoms with Gasteiger partial charge in [0, 0.05) is 23.7 Å². The van der Waals surface area contributed by atoms with Crippen molar-refractivity contribution in [2.24, 2.45) is 12.8 Å². The van der Waals surface area contributed by atoms with Gasteiger partial charge in [-0.3, -0.25) is 14.3 Å². The number of carbonyl (C=O) groups excluding carboxylic acids is 3. The number of aryl methyl sites for hydroxylation is 2. The molecule has 0 unspecified atom stereocenters. The average Bonchev–Trinajstić information content (AvgIpc) is 3.27. The number of pyridine rings is 1. The number of benzene rings is 1. The van der Waals surface area contributed by atoms with Gasteiger partial charge in [-0.2, -0.15) is 5.10 Å². The third-order valence-corrected chi connectivity index (χ3v) is 7.02. The van der Waals surface area contributed by atoms with E-state index in [0.717, 1.165) is 28.3 Å². The molecule has 0 fully saturated rings. The number of para-hydroxylation sites is 1. The third kappa shape index (κ3) is 4.28. The topological polar surface area (TPSA) is 129 Å². The van der Waals surface area contributed by atoms with Gasteiger partial charge in [0.15, 0.2) is 0 Å². The number of fused-ring (bicyclic) bond motifs is 1. The van der Waals surface area contributed by atoms with E-state index in [1.165, 1.54) is 0 Å². The van der Waals surface area contributed by atoms with E-state index in [1.807, 2.05) is 45.2 Å². The lowest BCUT2D eigenvalue weighted by atomic mass is 10.0. The van der Waals surface area contributed by atoms with Crippen molar-refractivity contribution in [1.29, 1.82) is 0 Å². The zero-order valence-corrected chi connectivity index (χ0v) is 20.9. The summed E-state index contributed by atoms with van der Waals surface area (Å²) in [5.74, 6) is -1.77. The molecule has 4 rings (SSSR count). The summed E-state index contributed by atoms with van der Waals surface area (Å²) in [6.45, 7) is 7.27. The number of anilines is 1. The highest BCUT2D eigenvalue weighted by atomic mass is 32.1. The second kappa shape index (κ2) is 9.30. The first-order chi connectivity index (χ1) is 16.6. The summed E-state index contributed by atoms with van der Waals surface area (Å²) in [5.41, 5.74) is 10.2. The standard InChI is InChI=1S/C25H25N5O4S/c1-6-34-25(33)19-12(2)21(22(26)31)35-24(19)28-23(32)16-11-18(20-13(3)29-30(5)14(20)4)27-17-10-8-7-9-15(16)17/h7-11H,6H2,1-5H3,(H2,26,31)(H,28,32). The maximum atomic E-state index is 13.6. The normalized spacial score (nSPS) is 11.0. The van der Waals surface area contributed by atoms with Crippen molar-refractivity contribution in [3.63, 3.8) is 0 Å². The fourth-order valence-corrected chi connectivity index (χ4v) is 5.13. The van der Waals surface area contributed by atoms with Crippen LogP contribution in [0.15, 0.2) is 30.3 Å². The summed E-state index contributed by atoms with van der Waals surface area (Å²) in [6, 6.07) is 9.04. The Kier molecular flexibility index (Phi) is 6.40. The second-order valence-corrected chi connectivity index (χ2v) is 9.06. The molecule has 35 heavy (non-hydrogen) atoms. The van der Waals surface area contributed by atoms with E-state index < -0.39 is 17.8 Å². The maximum Gasteiger partial charge on any atom is 0.341 e. The van der Waals surface area contributed by atoms with Crippen LogP contribution >= 0.6 is 11.3 Å². The lowest BCUT2D eigenvalue weighted by Gasteiger charge is -2.11. The number of carbonyl (C=O) groups is 3. The Morgan fingerprint density at radius 2 is 1.89 bits per heavy atom. The molecule has 0 spiro atoms. The molecule has 0 bridgehead atoms. The van der Waals surface area contributed by atoms with Crippen molar-refractivity contribution >= 4 is 45.0 Å². The van der Waals surface area contributed by atoms with Gasteiger partial charge in [-0.15, -0.1) is 11.3 Å². The van der Waals surface area contributed by atoms with Gasteiger partial charge in [0.2, 0.25) is 0 Å². The van der Waals surface area contributed by atoms with E-state index in [4.69, 9.17) is 15.5 Å². The van der Waals surface area contributed by atoms with Crippen LogP contribution in [0.1, 0.15) is 54.3 Å². The van der Waals surface area contributed by atoms with Crippen molar-refractivity contribution in [1.82, 2.24) is 14.8 Å². The van der Waals surface area contributed by atoms with Crippen LogP contribution < -0.4 is 11.1 Å². The summed E-state index contributed by atoms with van der Waals surface area (Å²) >= 11 is 0.949. The molecule has 0 saturated heterocycles. The smallest absolute Gasteiger partial charge is 0.341 e. The van der Waals surface area contributed by atoms with Gasteiger partial charge in [0.25, 0.3) is 11.8 Å². The third-order valence-electron chi connectivity index (χ3n) is 5.80. The van der Waals surface area contributed by atoms with E-state index in [2.05, 4.69) is 10.4 Å². The molecule has 180 valence electrons. The highest BCUT2D eigenvalue weighted by Crippen LogP contribution is 2.35. The minimum absolute atomic E-state index is 0.122. The first-order valence-corrected chi connectivity index (χ1v) is 11.8. The molecule has 3 aromatic heterocycles. The molecule has 10 heteroatoms. The van der Waals surface area contributed by atoms with Crippen LogP contribution in [0.4, 0.5) is 5.00 Å². The number of ether oxygens (including phenoxy) is 1. The molecule has 0 saturated carbocycles. The monoisotopic (exact) mass is 491 g/mol. The molecule has 3 N–H and O–H groups in total. The van der Waals surface area contributed by atoms with E-state index in [1.54, 1.807) is 24.6 Å². The van der Waals surface area contributed by atoms with Crippen molar-refractivity contribution < 1.29 is 19.1 Å². The number of nitrogens with zero attached hydrogens (tertiary/aromatic N) is 3. The lowest BCUT2D eigenvalue weighted by molar-refractivity contribution is 0.0527. The van der Waals surface area contributed by atoms with E-state index in [0.29, 0.717) is 27.7 Å². The molecular formula is C25H25N5O4S. The van der Waals surface area contributed by atoms with E-state index in [-0.39, 0.29) is 22.0 Å². The first-order valence-electron chi connectivity index (χ1n) is 11.0. The first kappa shape index (κ1) is 24.1. The number of rotatable bonds is 6. The molecule has 0 aliphatic heterocycles. The Morgan fingerprint density at radius 1 is 1.17 bits per heavy atom. The molecule has 9 nitrogen and oxygen atoms in total. The molecular weight excluding hydrogens is 466 g/mol. The molecule has 0 aliphatic rings. The fraction of sp³-hybridized carbons (Fsp3) is 0.240. The van der Waals surface area contributed by atoms with Gasteiger partial charge in [0.05, 0.1) is 39.5 Å². The Balaban J connectivity index is 1.85. The van der Waals surface area contributed by atoms with Crippen LogP contribution in [0, 0.1) is 20.8 Å². The molecule has 1 aromatic carbocycles. The zero-order chi connectivity index (χ0) is 25.4. The summed E-state index contributed by atoms with van der Waals surface area (Å²) in [5, 5.41) is 8.13. The van der Waals surface area contributed by atoms with Gasteiger partial charge in [-0.05, 0) is 45.4 Å². The Hall–Kier alpha value is -4.05. The van der Waals surface area contributed by atoms with Crippen LogP contribution in [0.2, 0.25) is 0 Å². The SMILES string of the molecule is CCOC(=O)c1c(NC(=O)c2cc(-c3c(C)nn(C)c3C)nc3ccccc23)sc(C(N)=O)c1C. The Bertz CT molecular complexity index is 1500. The summed E-state index contributed by atoms with van der Waals surface area (Å²) in [7, 11) is 1.85. The van der Waals surface area contributed by atoms with E-state index in [9.17, 15) is 14.4 Å². The number of nitrogens with two attached hydrogens (primary N) is 1. The molecule has 2 amide bonds. The van der Waals surface area contributed by atoms with Gasteiger partial charge in [-0.25, -0.2) is 9.78 Å². The highest BCUT2D eigenvalue weighted by Gasteiger charge is 2.27. The van der Waals surface area contributed by atoms with E-state index >= 15 is 0 Å². The molecule has 0 aliphatic carbocycles. The van der Waals surface area contributed by atoms with Crippen LogP contribution in [0.3, 0.4) is 0 Å². The maximum absolute atomic E-state index is 13.6. The van der Waals surface area contributed by atoms with Gasteiger partial charge in [0.1, 0.15) is 5.00 Å². The number of aromatic nitrogens is 3.